The van der Waals surface area contributed by atoms with Gasteiger partial charge in [-0.25, -0.2) is 4.98 Å². The quantitative estimate of drug-likeness (QED) is 0.328. The van der Waals surface area contributed by atoms with Gasteiger partial charge in [-0.1, -0.05) is 18.5 Å². The first kappa shape index (κ1) is 29.3. The van der Waals surface area contributed by atoms with E-state index in [0.717, 1.165) is 18.2 Å². The molecule has 2 N–H and O–H groups in total. The molecule has 3 aromatic heterocycles. The fraction of sp³-hybridized carbons (Fsp3) is 0.370. The summed E-state index contributed by atoms with van der Waals surface area (Å²) in [5, 5.41) is 10.2. The Labute approximate surface area is 243 Å². The molecule has 1 saturated heterocycles. The highest BCUT2D eigenvalue weighted by molar-refractivity contribution is 6.33. The van der Waals surface area contributed by atoms with E-state index in [9.17, 15) is 22.8 Å². The molecular weight excluding hydrogens is 577 g/mol. The molecule has 4 heterocycles. The van der Waals surface area contributed by atoms with Crippen LogP contribution >= 0.6 is 11.6 Å². The summed E-state index contributed by atoms with van der Waals surface area (Å²) in [7, 11) is 1.47. The van der Waals surface area contributed by atoms with E-state index >= 15 is 0 Å². The number of ether oxygens (including phenoxy) is 1. The zero-order valence-electron chi connectivity index (χ0n) is 23.0. The summed E-state index contributed by atoms with van der Waals surface area (Å²) in [6.07, 6.45) is -2.66. The van der Waals surface area contributed by atoms with E-state index in [2.05, 4.69) is 25.7 Å². The average molecular weight is 605 g/mol. The van der Waals surface area contributed by atoms with Crippen molar-refractivity contribution in [1.82, 2.24) is 29.5 Å². The van der Waals surface area contributed by atoms with Crippen LogP contribution in [0, 0.1) is 0 Å². The van der Waals surface area contributed by atoms with Crippen molar-refractivity contribution in [2.45, 2.75) is 39.0 Å². The van der Waals surface area contributed by atoms with E-state index in [-0.39, 0.29) is 40.5 Å². The van der Waals surface area contributed by atoms with E-state index in [4.69, 9.17) is 16.3 Å². The van der Waals surface area contributed by atoms with Gasteiger partial charge < -0.3 is 24.8 Å². The highest BCUT2D eigenvalue weighted by atomic mass is 35.5. The van der Waals surface area contributed by atoms with Gasteiger partial charge in [0.15, 0.2) is 5.82 Å². The number of piperazine rings is 1. The van der Waals surface area contributed by atoms with Gasteiger partial charge in [-0.2, -0.15) is 22.7 Å². The molecule has 0 saturated carbocycles. The third kappa shape index (κ3) is 5.77. The minimum absolute atomic E-state index is 0.0203. The summed E-state index contributed by atoms with van der Waals surface area (Å²) >= 11 is 6.08. The number of methoxy groups -OCH3 is 1. The van der Waals surface area contributed by atoms with Crippen LogP contribution in [0.1, 0.15) is 25.1 Å². The number of alkyl halides is 3. The normalized spacial score (nSPS) is 15.7. The smallest absolute Gasteiger partial charge is 0.416 e. The van der Waals surface area contributed by atoms with Gasteiger partial charge in [-0.15, -0.1) is 5.10 Å². The molecule has 0 radical (unpaired) electrons. The first-order valence-electron chi connectivity index (χ1n) is 13.2. The number of nitrogens with one attached hydrogen (secondary N) is 2. The molecule has 15 heteroatoms. The minimum Gasteiger partial charge on any atom is -0.481 e. The van der Waals surface area contributed by atoms with Gasteiger partial charge in [-0.05, 0) is 37.6 Å². The van der Waals surface area contributed by atoms with Crippen LogP contribution in [0.15, 0.2) is 41.3 Å². The number of rotatable bonds is 7. The molecule has 4 aromatic rings. The molecule has 42 heavy (non-hydrogen) atoms. The van der Waals surface area contributed by atoms with E-state index < -0.39 is 17.6 Å². The first-order chi connectivity index (χ1) is 20.0. The number of hydrogen-bond donors (Lipinski definition) is 2. The molecule has 1 amide bonds. The SMILES string of the molecule is CCc1c(N2CCN[C@H](C)C2)c(=O)n2nc(-c3ccnc(OC)c3)nc2n1CC(=O)Nc1ccc(C(F)(F)F)cc1Cl. The Morgan fingerprint density at radius 3 is 2.71 bits per heavy atom. The van der Waals surface area contributed by atoms with Crippen LogP contribution in [-0.4, -0.2) is 62.8 Å². The van der Waals surface area contributed by atoms with Crippen LogP contribution in [0.5, 0.6) is 5.88 Å². The van der Waals surface area contributed by atoms with Crippen LogP contribution in [0.3, 0.4) is 0 Å². The molecule has 1 aliphatic rings. The Morgan fingerprint density at radius 2 is 2.05 bits per heavy atom. The summed E-state index contributed by atoms with van der Waals surface area (Å²) < 4.78 is 47.2. The number of benzene rings is 1. The zero-order chi connectivity index (χ0) is 30.2. The molecule has 0 aliphatic carbocycles. The number of fused-ring (bicyclic) bond motifs is 1. The number of pyridine rings is 1. The maximum atomic E-state index is 13.9. The van der Waals surface area contributed by atoms with Crippen LogP contribution in [0.25, 0.3) is 17.2 Å². The topological polar surface area (TPSA) is 119 Å². The van der Waals surface area contributed by atoms with Crippen molar-refractivity contribution in [3.8, 4) is 17.3 Å². The summed E-state index contributed by atoms with van der Waals surface area (Å²) in [6, 6.07) is 6.11. The van der Waals surface area contributed by atoms with Gasteiger partial charge >= 0.3 is 6.18 Å². The zero-order valence-corrected chi connectivity index (χ0v) is 23.8. The fourth-order valence-corrected chi connectivity index (χ4v) is 5.20. The van der Waals surface area contributed by atoms with Crippen LogP contribution in [0.2, 0.25) is 5.02 Å². The third-order valence-corrected chi connectivity index (χ3v) is 7.23. The number of amides is 1. The number of carbonyl (C=O) groups is 1. The second-order valence-corrected chi connectivity index (χ2v) is 10.2. The Hall–Kier alpha value is -4.17. The standard InChI is InChI=1S/C27H28ClF3N8O3/c1-4-20-23(37-10-9-32-15(2)13-37)25(41)39-26(35-24(36-39)16-7-8-33-22(11-16)42-3)38(20)14-21(40)34-19-6-5-17(12-18(19)28)27(29,30)31/h5-8,11-12,15,32H,4,9-10,13-14H2,1-3H3,(H,34,40)/t15-/m1/s1. The molecule has 0 bridgehead atoms. The molecule has 11 nitrogen and oxygen atoms in total. The van der Waals surface area contributed by atoms with Crippen molar-refractivity contribution in [2.75, 3.05) is 37.0 Å². The Bertz CT molecular complexity index is 1700. The predicted molar refractivity (Wildman–Crippen MR) is 151 cm³/mol. The van der Waals surface area contributed by atoms with Gasteiger partial charge in [0.25, 0.3) is 5.56 Å². The maximum absolute atomic E-state index is 13.9. The molecule has 5 rings (SSSR count). The van der Waals surface area contributed by atoms with Crippen molar-refractivity contribution < 1.29 is 22.7 Å². The molecular formula is C27H28ClF3N8O3. The Balaban J connectivity index is 1.61. The fourth-order valence-electron chi connectivity index (χ4n) is 4.97. The van der Waals surface area contributed by atoms with Crippen LogP contribution < -0.4 is 25.8 Å². The molecule has 1 fully saturated rings. The summed E-state index contributed by atoms with van der Waals surface area (Å²) in [4.78, 5) is 37.9. The Morgan fingerprint density at radius 1 is 1.26 bits per heavy atom. The molecule has 1 aromatic carbocycles. The van der Waals surface area contributed by atoms with Crippen LogP contribution in [0.4, 0.5) is 24.5 Å². The molecule has 0 unspecified atom stereocenters. The number of aromatic nitrogens is 5. The average Bonchev–Trinajstić information content (AvgIpc) is 3.41. The van der Waals surface area contributed by atoms with Crippen molar-refractivity contribution in [2.24, 2.45) is 0 Å². The van der Waals surface area contributed by atoms with Crippen molar-refractivity contribution in [3.63, 3.8) is 0 Å². The van der Waals surface area contributed by atoms with Crippen molar-refractivity contribution in [3.05, 3.63) is 63.2 Å². The lowest BCUT2D eigenvalue weighted by Crippen LogP contribution is -2.51. The largest absolute Gasteiger partial charge is 0.481 e. The van der Waals surface area contributed by atoms with Gasteiger partial charge in [-0.3, -0.25) is 9.59 Å². The second kappa shape index (κ2) is 11.6. The Kier molecular flexibility index (Phi) is 8.10. The minimum atomic E-state index is -4.58. The highest BCUT2D eigenvalue weighted by Crippen LogP contribution is 2.34. The van der Waals surface area contributed by atoms with Crippen LogP contribution in [-0.2, 0) is 23.9 Å². The van der Waals surface area contributed by atoms with Gasteiger partial charge in [0.05, 0.1) is 29.1 Å². The van der Waals surface area contributed by atoms with E-state index in [0.29, 0.717) is 48.9 Å². The van der Waals surface area contributed by atoms with Gasteiger partial charge in [0.1, 0.15) is 12.2 Å². The lowest BCUT2D eigenvalue weighted by Gasteiger charge is -2.34. The third-order valence-electron chi connectivity index (χ3n) is 6.92. The number of carbonyl (C=O) groups excluding carboxylic acids is 1. The lowest BCUT2D eigenvalue weighted by molar-refractivity contribution is -0.137. The number of nitrogens with zero attached hydrogens (tertiary/aromatic N) is 6. The number of halogens is 4. The molecule has 1 aliphatic heterocycles. The van der Waals surface area contributed by atoms with E-state index in [1.54, 1.807) is 16.7 Å². The summed E-state index contributed by atoms with van der Waals surface area (Å²) in [6.45, 7) is 5.36. The van der Waals surface area contributed by atoms with Gasteiger partial charge in [0, 0.05) is 43.5 Å². The maximum Gasteiger partial charge on any atom is 0.416 e. The monoisotopic (exact) mass is 604 g/mol. The predicted octanol–water partition coefficient (Wildman–Crippen LogP) is 3.63. The summed E-state index contributed by atoms with van der Waals surface area (Å²) in [5.74, 6) is 0.106. The van der Waals surface area contributed by atoms with E-state index in [1.807, 2.05) is 18.7 Å². The highest BCUT2D eigenvalue weighted by Gasteiger charge is 2.31. The molecule has 222 valence electrons. The number of anilines is 2. The number of hydrogen-bond acceptors (Lipinski definition) is 8. The van der Waals surface area contributed by atoms with E-state index in [1.165, 1.54) is 17.8 Å². The van der Waals surface area contributed by atoms with Crippen molar-refractivity contribution in [1.29, 1.82) is 0 Å². The molecule has 1 atom stereocenters. The second-order valence-electron chi connectivity index (χ2n) is 9.82. The molecule has 0 spiro atoms. The van der Waals surface area contributed by atoms with Crippen molar-refractivity contribution >= 4 is 34.7 Å². The lowest BCUT2D eigenvalue weighted by atomic mass is 10.1. The summed E-state index contributed by atoms with van der Waals surface area (Å²) in [5.41, 5.74) is 0.238. The van der Waals surface area contributed by atoms with Gasteiger partial charge in [0.2, 0.25) is 17.6 Å². The first-order valence-corrected chi connectivity index (χ1v) is 13.6.